The monoisotopic (exact) mass is 239 g/mol. The Labute approximate surface area is 99.0 Å². The van der Waals surface area contributed by atoms with Crippen molar-refractivity contribution in [3.8, 4) is 0 Å². The Bertz CT molecular complexity index is 378. The molecule has 1 aromatic rings. The van der Waals surface area contributed by atoms with Gasteiger partial charge in [0.2, 0.25) is 0 Å². The van der Waals surface area contributed by atoms with Gasteiger partial charge in [-0.25, -0.2) is 4.98 Å². The lowest BCUT2D eigenvalue weighted by Gasteiger charge is -2.05. The highest BCUT2D eigenvalue weighted by atomic mass is 32.1. The standard InChI is InChI=1S/C10H13N3O2S/c1-2-15-9(14)6-13-8-4-3-7(5-12-8)10(11)16/h3-5H,2,6H2,1H3,(H2,11,16)(H,12,13). The summed E-state index contributed by atoms with van der Waals surface area (Å²) < 4.78 is 4.76. The van der Waals surface area contributed by atoms with Crippen LogP contribution >= 0.6 is 12.2 Å². The quantitative estimate of drug-likeness (QED) is 0.581. The van der Waals surface area contributed by atoms with Crippen LogP contribution < -0.4 is 11.1 Å². The normalized spacial score (nSPS) is 9.56. The smallest absolute Gasteiger partial charge is 0.325 e. The van der Waals surface area contributed by atoms with E-state index in [1.807, 2.05) is 0 Å². The van der Waals surface area contributed by atoms with Crippen molar-refractivity contribution in [2.75, 3.05) is 18.5 Å². The molecule has 5 nitrogen and oxygen atoms in total. The second kappa shape index (κ2) is 6.02. The van der Waals surface area contributed by atoms with Gasteiger partial charge in [0.25, 0.3) is 0 Å². The molecule has 1 aromatic heterocycles. The maximum absolute atomic E-state index is 11.0. The second-order valence-corrected chi connectivity index (χ2v) is 3.39. The third-order valence-corrected chi connectivity index (χ3v) is 2.00. The van der Waals surface area contributed by atoms with E-state index in [0.29, 0.717) is 23.0 Å². The van der Waals surface area contributed by atoms with E-state index >= 15 is 0 Å². The topological polar surface area (TPSA) is 77.2 Å². The fraction of sp³-hybridized carbons (Fsp3) is 0.300. The molecule has 0 aromatic carbocycles. The number of pyridine rings is 1. The van der Waals surface area contributed by atoms with Crippen molar-refractivity contribution >= 4 is 29.0 Å². The molecule has 0 saturated heterocycles. The van der Waals surface area contributed by atoms with Crippen molar-refractivity contribution in [1.29, 1.82) is 0 Å². The van der Waals surface area contributed by atoms with Gasteiger partial charge in [-0.2, -0.15) is 0 Å². The number of nitrogens with zero attached hydrogens (tertiary/aromatic N) is 1. The number of ether oxygens (including phenoxy) is 1. The summed E-state index contributed by atoms with van der Waals surface area (Å²) in [5, 5.41) is 2.83. The van der Waals surface area contributed by atoms with Crippen LogP contribution in [0.2, 0.25) is 0 Å². The minimum atomic E-state index is -0.317. The minimum Gasteiger partial charge on any atom is -0.465 e. The number of hydrogen-bond donors (Lipinski definition) is 2. The zero-order valence-corrected chi connectivity index (χ0v) is 9.71. The van der Waals surface area contributed by atoms with Crippen molar-refractivity contribution in [3.05, 3.63) is 23.9 Å². The Balaban J connectivity index is 2.49. The molecule has 0 aliphatic carbocycles. The summed E-state index contributed by atoms with van der Waals surface area (Å²) in [5.41, 5.74) is 6.11. The highest BCUT2D eigenvalue weighted by Crippen LogP contribution is 2.04. The van der Waals surface area contributed by atoms with Gasteiger partial charge >= 0.3 is 5.97 Å². The molecular formula is C10H13N3O2S. The number of carbonyl (C=O) groups is 1. The van der Waals surface area contributed by atoms with Gasteiger partial charge in [-0.15, -0.1) is 0 Å². The number of nitrogens with two attached hydrogens (primary N) is 1. The lowest BCUT2D eigenvalue weighted by atomic mass is 10.3. The molecule has 0 atom stereocenters. The number of esters is 1. The number of rotatable bonds is 5. The second-order valence-electron chi connectivity index (χ2n) is 2.95. The lowest BCUT2D eigenvalue weighted by Crippen LogP contribution is -2.17. The van der Waals surface area contributed by atoms with Crippen molar-refractivity contribution in [3.63, 3.8) is 0 Å². The van der Waals surface area contributed by atoms with Gasteiger partial charge in [0.15, 0.2) is 0 Å². The van der Waals surface area contributed by atoms with Crippen LogP contribution in [0.1, 0.15) is 12.5 Å². The van der Waals surface area contributed by atoms with Crippen LogP contribution in [0, 0.1) is 0 Å². The van der Waals surface area contributed by atoms with Gasteiger partial charge < -0.3 is 15.8 Å². The van der Waals surface area contributed by atoms with E-state index in [4.69, 9.17) is 22.7 Å². The van der Waals surface area contributed by atoms with Gasteiger partial charge in [0, 0.05) is 11.8 Å². The predicted octanol–water partition coefficient (Wildman–Crippen LogP) is 0.691. The fourth-order valence-electron chi connectivity index (χ4n) is 1.02. The van der Waals surface area contributed by atoms with Crippen LogP contribution in [-0.4, -0.2) is 29.1 Å². The minimum absolute atomic E-state index is 0.0905. The predicted molar refractivity (Wildman–Crippen MR) is 65.2 cm³/mol. The molecule has 0 spiro atoms. The molecular weight excluding hydrogens is 226 g/mol. The van der Waals surface area contributed by atoms with Crippen molar-refractivity contribution in [2.45, 2.75) is 6.92 Å². The Hall–Kier alpha value is -1.69. The van der Waals surface area contributed by atoms with E-state index < -0.39 is 0 Å². The molecule has 0 amide bonds. The first kappa shape index (κ1) is 12.4. The van der Waals surface area contributed by atoms with Crippen LogP contribution in [0.25, 0.3) is 0 Å². The average molecular weight is 239 g/mol. The third-order valence-electron chi connectivity index (χ3n) is 1.77. The first-order valence-electron chi connectivity index (χ1n) is 4.79. The van der Waals surface area contributed by atoms with E-state index in [1.54, 1.807) is 25.3 Å². The highest BCUT2D eigenvalue weighted by Gasteiger charge is 2.02. The zero-order chi connectivity index (χ0) is 12.0. The molecule has 0 fully saturated rings. The summed E-state index contributed by atoms with van der Waals surface area (Å²) in [7, 11) is 0. The third kappa shape index (κ3) is 3.82. The van der Waals surface area contributed by atoms with Crippen LogP contribution in [-0.2, 0) is 9.53 Å². The first-order chi connectivity index (χ1) is 7.63. The molecule has 0 unspecified atom stereocenters. The average Bonchev–Trinajstić information content (AvgIpc) is 2.27. The van der Waals surface area contributed by atoms with E-state index in [0.717, 1.165) is 0 Å². The summed E-state index contributed by atoms with van der Waals surface area (Å²) in [4.78, 5) is 15.4. The van der Waals surface area contributed by atoms with Crippen LogP contribution in [0.5, 0.6) is 0 Å². The van der Waals surface area contributed by atoms with Crippen LogP contribution in [0.3, 0.4) is 0 Å². The van der Waals surface area contributed by atoms with E-state index in [9.17, 15) is 4.79 Å². The molecule has 6 heteroatoms. The lowest BCUT2D eigenvalue weighted by molar-refractivity contribution is -0.140. The molecule has 0 radical (unpaired) electrons. The summed E-state index contributed by atoms with van der Waals surface area (Å²) in [6.45, 7) is 2.22. The molecule has 0 aliphatic rings. The number of carbonyl (C=O) groups excluding carboxylic acids is 1. The SMILES string of the molecule is CCOC(=O)CNc1ccc(C(N)=S)cn1. The fourth-order valence-corrected chi connectivity index (χ4v) is 1.14. The summed E-state index contributed by atoms with van der Waals surface area (Å²) >= 11 is 4.79. The number of nitrogens with one attached hydrogen (secondary N) is 1. The number of aromatic nitrogens is 1. The molecule has 1 rings (SSSR count). The molecule has 16 heavy (non-hydrogen) atoms. The molecule has 0 aliphatic heterocycles. The molecule has 0 saturated carbocycles. The Morgan fingerprint density at radius 2 is 2.38 bits per heavy atom. The molecule has 86 valence electrons. The van der Waals surface area contributed by atoms with Gasteiger partial charge in [0.05, 0.1) is 6.61 Å². The number of thiocarbonyl (C=S) groups is 1. The largest absolute Gasteiger partial charge is 0.465 e. The number of hydrogen-bond acceptors (Lipinski definition) is 5. The molecule has 1 heterocycles. The van der Waals surface area contributed by atoms with Gasteiger partial charge in [-0.05, 0) is 19.1 Å². The number of anilines is 1. The van der Waals surface area contributed by atoms with Gasteiger partial charge in [-0.3, -0.25) is 4.79 Å². The maximum atomic E-state index is 11.0. The molecule has 0 bridgehead atoms. The van der Waals surface area contributed by atoms with Crippen molar-refractivity contribution in [2.24, 2.45) is 5.73 Å². The first-order valence-corrected chi connectivity index (χ1v) is 5.19. The van der Waals surface area contributed by atoms with E-state index in [2.05, 4.69) is 10.3 Å². The molecule has 3 N–H and O–H groups in total. The zero-order valence-electron chi connectivity index (χ0n) is 8.90. The van der Waals surface area contributed by atoms with E-state index in [-0.39, 0.29) is 12.5 Å². The summed E-state index contributed by atoms with van der Waals surface area (Å²) in [5.74, 6) is 0.260. The Morgan fingerprint density at radius 3 is 2.88 bits per heavy atom. The van der Waals surface area contributed by atoms with E-state index in [1.165, 1.54) is 0 Å². The summed E-state index contributed by atoms with van der Waals surface area (Å²) in [6.07, 6.45) is 1.55. The Kier molecular flexibility index (Phi) is 4.65. The van der Waals surface area contributed by atoms with Crippen molar-refractivity contribution < 1.29 is 9.53 Å². The maximum Gasteiger partial charge on any atom is 0.325 e. The van der Waals surface area contributed by atoms with Gasteiger partial charge in [0.1, 0.15) is 17.4 Å². The van der Waals surface area contributed by atoms with Crippen LogP contribution in [0.4, 0.5) is 5.82 Å². The summed E-state index contributed by atoms with van der Waals surface area (Å²) in [6, 6.07) is 3.44. The highest BCUT2D eigenvalue weighted by molar-refractivity contribution is 7.80. The van der Waals surface area contributed by atoms with Crippen molar-refractivity contribution in [1.82, 2.24) is 4.98 Å². The Morgan fingerprint density at radius 1 is 1.62 bits per heavy atom. The van der Waals surface area contributed by atoms with Gasteiger partial charge in [-0.1, -0.05) is 12.2 Å². The van der Waals surface area contributed by atoms with Crippen LogP contribution in [0.15, 0.2) is 18.3 Å².